The summed E-state index contributed by atoms with van der Waals surface area (Å²) in [4.78, 5) is 0. The molecule has 0 radical (unpaired) electrons. The number of hydrogen-bond donors (Lipinski definition) is 1. The molecule has 1 N–H and O–H groups in total. The van der Waals surface area contributed by atoms with Crippen LogP contribution in [0.1, 0.15) is 19.4 Å². The highest BCUT2D eigenvalue weighted by atomic mass is 79.9. The molecule has 0 aliphatic heterocycles. The van der Waals surface area contributed by atoms with Crippen LogP contribution in [0.4, 0.5) is 0 Å². The number of rotatable bonds is 5. The van der Waals surface area contributed by atoms with Crippen LogP contribution in [0.25, 0.3) is 6.08 Å². The minimum absolute atomic E-state index is 0.496. The minimum atomic E-state index is 0.496. The first-order valence-corrected chi connectivity index (χ1v) is 7.06. The zero-order valence-electron chi connectivity index (χ0n) is 10.3. The third-order valence-corrected chi connectivity index (χ3v) is 3.23. The molecule has 0 aliphatic carbocycles. The lowest BCUT2D eigenvalue weighted by molar-refractivity contribution is 0.411. The Morgan fingerprint density at radius 2 is 2.06 bits per heavy atom. The maximum absolute atomic E-state index is 5.37. The summed E-state index contributed by atoms with van der Waals surface area (Å²) in [5.74, 6) is 0.856. The Hall–Kier alpha value is -0.320. The zero-order chi connectivity index (χ0) is 12.8. The van der Waals surface area contributed by atoms with Crippen LogP contribution in [0.5, 0.6) is 5.75 Å². The smallest absolute Gasteiger partial charge is 0.140 e. The van der Waals surface area contributed by atoms with Crippen molar-refractivity contribution in [3.05, 3.63) is 32.7 Å². The van der Waals surface area contributed by atoms with Crippen molar-refractivity contribution in [2.45, 2.75) is 19.9 Å². The highest BCUT2D eigenvalue weighted by molar-refractivity contribution is 9.11. The summed E-state index contributed by atoms with van der Waals surface area (Å²) in [7, 11) is 1.68. The van der Waals surface area contributed by atoms with Crippen LogP contribution in [-0.2, 0) is 0 Å². The maximum Gasteiger partial charge on any atom is 0.140 e. The molecule has 4 heteroatoms. The molecule has 0 saturated heterocycles. The monoisotopic (exact) mass is 361 g/mol. The summed E-state index contributed by atoms with van der Waals surface area (Å²) in [5.41, 5.74) is 1.05. The van der Waals surface area contributed by atoms with Crippen molar-refractivity contribution in [1.82, 2.24) is 5.32 Å². The van der Waals surface area contributed by atoms with E-state index in [0.29, 0.717) is 6.04 Å². The van der Waals surface area contributed by atoms with Gasteiger partial charge in [-0.1, -0.05) is 41.9 Å². The number of ether oxygens (including phenoxy) is 1. The third-order valence-electron chi connectivity index (χ3n) is 2.18. The summed E-state index contributed by atoms with van der Waals surface area (Å²) in [5, 5.41) is 3.33. The van der Waals surface area contributed by atoms with Gasteiger partial charge in [0.2, 0.25) is 0 Å². The van der Waals surface area contributed by atoms with Crippen LogP contribution in [0.3, 0.4) is 0 Å². The fraction of sp³-hybridized carbons (Fsp3) is 0.385. The molecule has 0 aliphatic rings. The van der Waals surface area contributed by atoms with Crippen LogP contribution >= 0.6 is 31.9 Å². The Morgan fingerprint density at radius 1 is 1.35 bits per heavy atom. The van der Waals surface area contributed by atoms with Crippen LogP contribution in [-0.4, -0.2) is 19.7 Å². The second-order valence-electron chi connectivity index (χ2n) is 3.98. The first-order chi connectivity index (χ1) is 8.04. The lowest BCUT2D eigenvalue weighted by Crippen LogP contribution is -2.22. The van der Waals surface area contributed by atoms with Crippen molar-refractivity contribution < 1.29 is 4.74 Å². The largest absolute Gasteiger partial charge is 0.495 e. The molecule has 2 nitrogen and oxygen atoms in total. The standard InChI is InChI=1S/C13H17Br2NO/c1-9(2)16-6-4-5-10-7-11(14)8-12(15)13(10)17-3/h4-5,7-9,16H,6H2,1-3H3. The first kappa shape index (κ1) is 14.7. The first-order valence-electron chi connectivity index (χ1n) is 5.47. The quantitative estimate of drug-likeness (QED) is 0.846. The molecular weight excluding hydrogens is 346 g/mol. The second kappa shape index (κ2) is 7.19. The molecule has 0 atom stereocenters. The molecule has 0 heterocycles. The van der Waals surface area contributed by atoms with Gasteiger partial charge in [0.05, 0.1) is 11.6 Å². The van der Waals surface area contributed by atoms with Gasteiger partial charge in [-0.25, -0.2) is 0 Å². The lowest BCUT2D eigenvalue weighted by Gasteiger charge is -2.08. The van der Waals surface area contributed by atoms with Crippen molar-refractivity contribution in [1.29, 1.82) is 0 Å². The molecule has 0 spiro atoms. The molecule has 17 heavy (non-hydrogen) atoms. The highest BCUT2D eigenvalue weighted by Gasteiger charge is 2.06. The molecular formula is C13H17Br2NO. The van der Waals surface area contributed by atoms with Gasteiger partial charge < -0.3 is 10.1 Å². The molecule has 94 valence electrons. The van der Waals surface area contributed by atoms with E-state index in [1.807, 2.05) is 12.1 Å². The van der Waals surface area contributed by atoms with Crippen molar-refractivity contribution >= 4 is 37.9 Å². The van der Waals surface area contributed by atoms with E-state index in [9.17, 15) is 0 Å². The van der Waals surface area contributed by atoms with Gasteiger partial charge in [0.15, 0.2) is 0 Å². The van der Waals surface area contributed by atoms with E-state index in [1.54, 1.807) is 7.11 Å². The van der Waals surface area contributed by atoms with Crippen molar-refractivity contribution in [3.8, 4) is 5.75 Å². The van der Waals surface area contributed by atoms with Crippen LogP contribution in [0.15, 0.2) is 27.2 Å². The van der Waals surface area contributed by atoms with Crippen LogP contribution in [0.2, 0.25) is 0 Å². The van der Waals surface area contributed by atoms with Gasteiger partial charge in [0.1, 0.15) is 5.75 Å². The third kappa shape index (κ3) is 4.82. The van der Waals surface area contributed by atoms with Crippen molar-refractivity contribution in [3.63, 3.8) is 0 Å². The number of benzene rings is 1. The van der Waals surface area contributed by atoms with Crippen molar-refractivity contribution in [2.75, 3.05) is 13.7 Å². The summed E-state index contributed by atoms with van der Waals surface area (Å²) in [6.07, 6.45) is 4.15. The Morgan fingerprint density at radius 3 is 2.65 bits per heavy atom. The van der Waals surface area contributed by atoms with Crippen LogP contribution < -0.4 is 10.1 Å². The fourth-order valence-corrected chi connectivity index (χ4v) is 2.83. The average molecular weight is 363 g/mol. The molecule has 0 unspecified atom stereocenters. The Kier molecular flexibility index (Phi) is 6.23. The van der Waals surface area contributed by atoms with Crippen molar-refractivity contribution in [2.24, 2.45) is 0 Å². The normalized spacial score (nSPS) is 11.4. The van der Waals surface area contributed by atoms with Gasteiger partial charge in [-0.3, -0.25) is 0 Å². The molecule has 1 aromatic rings. The Balaban J connectivity index is 2.82. The molecule has 0 fully saturated rings. The Bertz CT molecular complexity index is 403. The molecule has 1 aromatic carbocycles. The van der Waals surface area contributed by atoms with Crippen LogP contribution in [0, 0.1) is 0 Å². The van der Waals surface area contributed by atoms with Gasteiger partial charge in [0, 0.05) is 22.6 Å². The topological polar surface area (TPSA) is 21.3 Å². The lowest BCUT2D eigenvalue weighted by atomic mass is 10.2. The van der Waals surface area contributed by atoms with Gasteiger partial charge >= 0.3 is 0 Å². The van der Waals surface area contributed by atoms with E-state index >= 15 is 0 Å². The predicted octanol–water partition coefficient (Wildman–Crippen LogP) is 4.23. The fourth-order valence-electron chi connectivity index (χ4n) is 1.41. The Labute approximate surface area is 120 Å². The molecule has 0 amide bonds. The average Bonchev–Trinajstić information content (AvgIpc) is 2.23. The SMILES string of the molecule is COc1c(Br)cc(Br)cc1C=CCNC(C)C. The number of hydrogen-bond acceptors (Lipinski definition) is 2. The van der Waals surface area contributed by atoms with E-state index in [1.165, 1.54) is 0 Å². The van der Waals surface area contributed by atoms with E-state index in [0.717, 1.165) is 26.8 Å². The second-order valence-corrected chi connectivity index (χ2v) is 5.75. The summed E-state index contributed by atoms with van der Waals surface area (Å²) < 4.78 is 7.35. The molecule has 0 saturated carbocycles. The molecule has 0 bridgehead atoms. The van der Waals surface area contributed by atoms with E-state index in [4.69, 9.17) is 4.74 Å². The summed E-state index contributed by atoms with van der Waals surface area (Å²) >= 11 is 6.96. The van der Waals surface area contributed by atoms with Gasteiger partial charge in [-0.05, 0) is 28.1 Å². The minimum Gasteiger partial charge on any atom is -0.495 e. The number of nitrogens with one attached hydrogen (secondary N) is 1. The molecule has 0 aromatic heterocycles. The van der Waals surface area contributed by atoms with Gasteiger partial charge in [-0.15, -0.1) is 0 Å². The highest BCUT2D eigenvalue weighted by Crippen LogP contribution is 2.33. The zero-order valence-corrected chi connectivity index (χ0v) is 13.4. The van der Waals surface area contributed by atoms with E-state index in [-0.39, 0.29) is 0 Å². The summed E-state index contributed by atoms with van der Waals surface area (Å²) in [6, 6.07) is 4.51. The maximum atomic E-state index is 5.37. The number of methoxy groups -OCH3 is 1. The van der Waals surface area contributed by atoms with E-state index in [2.05, 4.69) is 63.2 Å². The summed E-state index contributed by atoms with van der Waals surface area (Å²) in [6.45, 7) is 5.11. The van der Waals surface area contributed by atoms with E-state index < -0.39 is 0 Å². The molecule has 1 rings (SSSR count). The number of halogens is 2. The predicted molar refractivity (Wildman–Crippen MR) is 80.6 cm³/mol. The van der Waals surface area contributed by atoms with Gasteiger partial charge in [-0.2, -0.15) is 0 Å². The van der Waals surface area contributed by atoms with Gasteiger partial charge in [0.25, 0.3) is 0 Å².